The molecule has 0 fully saturated rings. The maximum Gasteiger partial charge on any atom is 0.418 e. The van der Waals surface area contributed by atoms with E-state index in [0.717, 1.165) is 29.0 Å². The average Bonchev–Trinajstić information content (AvgIpc) is 3.07. The van der Waals surface area contributed by atoms with Crippen LogP contribution in [0.15, 0.2) is 18.2 Å². The van der Waals surface area contributed by atoms with Crippen LogP contribution in [0.4, 0.5) is 39.3 Å². The van der Waals surface area contributed by atoms with Crippen molar-refractivity contribution in [1.29, 1.82) is 0 Å². The number of alkyl halides is 3. The van der Waals surface area contributed by atoms with Crippen LogP contribution in [0.5, 0.6) is 0 Å². The van der Waals surface area contributed by atoms with Gasteiger partial charge in [-0.3, -0.25) is 14.8 Å². The molecule has 0 saturated carbocycles. The van der Waals surface area contributed by atoms with Gasteiger partial charge >= 0.3 is 6.18 Å². The number of aromatic nitrogens is 3. The number of rotatable bonds is 5. The van der Waals surface area contributed by atoms with Crippen molar-refractivity contribution in [2.75, 3.05) is 23.4 Å². The number of carbonyl (C=O) groups excluding carboxylic acids is 1. The number of H-pyrrole nitrogens is 1. The smallest absolute Gasteiger partial charge is 0.311 e. The van der Waals surface area contributed by atoms with E-state index in [4.69, 9.17) is 46.4 Å². The number of hydrogen-bond donors (Lipinski definition) is 1. The van der Waals surface area contributed by atoms with Crippen LogP contribution in [0, 0.1) is 18.6 Å². The van der Waals surface area contributed by atoms with Gasteiger partial charge in [-0.25, -0.2) is 13.8 Å². The van der Waals surface area contributed by atoms with E-state index in [-0.39, 0.29) is 27.4 Å². The Hall–Kier alpha value is -2.34. The van der Waals surface area contributed by atoms with Gasteiger partial charge in [0.05, 0.1) is 21.3 Å². The Kier molecular flexibility index (Phi) is 7.51. The van der Waals surface area contributed by atoms with Crippen molar-refractivity contribution < 1.29 is 26.7 Å². The number of anilines is 3. The van der Waals surface area contributed by atoms with E-state index in [1.807, 2.05) is 0 Å². The molecule has 0 spiro atoms. The number of halogens is 9. The molecular formula is C19H12Cl4F5N5O. The molecule has 2 aromatic heterocycles. The highest BCUT2D eigenvalue weighted by atomic mass is 35.5. The molecule has 0 aliphatic heterocycles. The number of nitrogens with zero attached hydrogens (tertiary/aromatic N) is 4. The van der Waals surface area contributed by atoms with Gasteiger partial charge in [0.15, 0.2) is 11.6 Å². The third-order valence-electron chi connectivity index (χ3n) is 4.55. The molecule has 0 aliphatic carbocycles. The molecule has 0 saturated heterocycles. The van der Waals surface area contributed by atoms with E-state index in [1.165, 1.54) is 6.92 Å². The van der Waals surface area contributed by atoms with Crippen LogP contribution in [0.1, 0.15) is 11.3 Å². The highest BCUT2D eigenvalue weighted by Gasteiger charge is 2.37. The summed E-state index contributed by atoms with van der Waals surface area (Å²) in [4.78, 5) is 18.7. The van der Waals surface area contributed by atoms with Gasteiger partial charge in [-0.2, -0.15) is 18.3 Å². The minimum absolute atomic E-state index is 0.0772. The lowest BCUT2D eigenvalue weighted by molar-refractivity contribution is -0.137. The standard InChI is InChI=1S/C19H12Cl4F5N5O/c1-7-3-8(19(26,27)28)14(21)17(29-7)33(18-15(22)16(23)30-31-18)6-13(34)32(2)12-4-9(20)10(24)5-11(12)25/h3-5H,6H2,1-2H3,(H,30,31). The Balaban J connectivity index is 2.11. The summed E-state index contributed by atoms with van der Waals surface area (Å²) in [5, 5.41) is 4.47. The van der Waals surface area contributed by atoms with E-state index in [1.54, 1.807) is 0 Å². The van der Waals surface area contributed by atoms with Crippen LogP contribution >= 0.6 is 46.4 Å². The minimum atomic E-state index is -4.84. The van der Waals surface area contributed by atoms with Gasteiger partial charge in [-0.15, -0.1) is 0 Å². The molecule has 2 heterocycles. The predicted molar refractivity (Wildman–Crippen MR) is 119 cm³/mol. The molecule has 182 valence electrons. The molecule has 6 nitrogen and oxygen atoms in total. The molecule has 3 rings (SSSR count). The van der Waals surface area contributed by atoms with E-state index in [9.17, 15) is 26.7 Å². The van der Waals surface area contributed by atoms with Crippen LogP contribution < -0.4 is 9.80 Å². The van der Waals surface area contributed by atoms with Crippen LogP contribution in [0.25, 0.3) is 0 Å². The summed E-state index contributed by atoms with van der Waals surface area (Å²) in [6.45, 7) is 0.523. The number of aromatic amines is 1. The first-order valence-electron chi connectivity index (χ1n) is 9.04. The summed E-state index contributed by atoms with van der Waals surface area (Å²) < 4.78 is 68.4. The SMILES string of the molecule is Cc1cc(C(F)(F)F)c(Cl)c(N(CC(=O)N(C)c2cc(Cl)c(F)cc2F)c2n[nH]c(Cl)c2Cl)n1. The van der Waals surface area contributed by atoms with Gasteiger partial charge in [-0.05, 0) is 19.1 Å². The third kappa shape index (κ3) is 5.17. The number of carbonyl (C=O) groups is 1. The largest absolute Gasteiger partial charge is 0.418 e. The topological polar surface area (TPSA) is 65.1 Å². The van der Waals surface area contributed by atoms with Crippen LogP contribution in [0.2, 0.25) is 20.2 Å². The molecule has 0 aliphatic rings. The summed E-state index contributed by atoms with van der Waals surface area (Å²) in [6, 6.07) is 2.09. The zero-order valence-corrected chi connectivity index (χ0v) is 20.1. The number of likely N-dealkylation sites (N-methyl/N-ethyl adjacent to an activating group) is 1. The molecule has 34 heavy (non-hydrogen) atoms. The van der Waals surface area contributed by atoms with Gasteiger partial charge in [0, 0.05) is 18.8 Å². The maximum absolute atomic E-state index is 14.3. The summed E-state index contributed by atoms with van der Waals surface area (Å²) >= 11 is 23.7. The number of amides is 1. The fourth-order valence-electron chi connectivity index (χ4n) is 2.90. The monoisotopic (exact) mass is 561 g/mol. The van der Waals surface area contributed by atoms with Gasteiger partial charge in [-0.1, -0.05) is 46.4 Å². The first kappa shape index (κ1) is 26.3. The number of pyridine rings is 1. The van der Waals surface area contributed by atoms with E-state index in [0.29, 0.717) is 6.07 Å². The fraction of sp³-hybridized carbons (Fsp3) is 0.211. The summed E-state index contributed by atoms with van der Waals surface area (Å²) in [7, 11) is 1.15. The zero-order valence-electron chi connectivity index (χ0n) is 17.0. The highest BCUT2D eigenvalue weighted by Crippen LogP contribution is 2.42. The quantitative estimate of drug-likeness (QED) is 0.273. The van der Waals surface area contributed by atoms with Gasteiger partial charge in [0.1, 0.15) is 28.4 Å². The summed E-state index contributed by atoms with van der Waals surface area (Å²) in [5.41, 5.74) is -1.68. The summed E-state index contributed by atoms with van der Waals surface area (Å²) in [6.07, 6.45) is -4.84. The third-order valence-corrected chi connectivity index (χ3v) is 5.94. The Labute approximate surface area is 209 Å². The van der Waals surface area contributed by atoms with Gasteiger partial charge < -0.3 is 4.90 Å². The van der Waals surface area contributed by atoms with E-state index < -0.39 is 51.7 Å². The Morgan fingerprint density at radius 2 is 1.68 bits per heavy atom. The summed E-state index contributed by atoms with van der Waals surface area (Å²) in [5.74, 6) is -3.79. The Bertz CT molecular complexity index is 1270. The fourth-order valence-corrected chi connectivity index (χ4v) is 3.68. The number of benzene rings is 1. The van der Waals surface area contributed by atoms with Crippen molar-refractivity contribution in [3.05, 3.63) is 61.3 Å². The van der Waals surface area contributed by atoms with Crippen molar-refractivity contribution in [2.45, 2.75) is 13.1 Å². The second-order valence-corrected chi connectivity index (χ2v) is 8.42. The molecule has 1 N–H and O–H groups in total. The van der Waals surface area contributed by atoms with Crippen molar-refractivity contribution in [1.82, 2.24) is 15.2 Å². The number of aryl methyl sites for hydroxylation is 1. The van der Waals surface area contributed by atoms with Crippen LogP contribution in [-0.4, -0.2) is 34.7 Å². The van der Waals surface area contributed by atoms with E-state index >= 15 is 0 Å². The van der Waals surface area contributed by atoms with Crippen molar-refractivity contribution in [3.8, 4) is 0 Å². The lowest BCUT2D eigenvalue weighted by atomic mass is 10.2. The molecule has 1 amide bonds. The highest BCUT2D eigenvalue weighted by molar-refractivity contribution is 6.43. The lowest BCUT2D eigenvalue weighted by Gasteiger charge is -2.27. The van der Waals surface area contributed by atoms with Crippen molar-refractivity contribution >= 4 is 69.6 Å². The van der Waals surface area contributed by atoms with Crippen molar-refractivity contribution in [2.24, 2.45) is 0 Å². The van der Waals surface area contributed by atoms with Gasteiger partial charge in [0.25, 0.3) is 0 Å². The molecule has 15 heteroatoms. The number of hydrogen-bond acceptors (Lipinski definition) is 4. The molecule has 0 unspecified atom stereocenters. The maximum atomic E-state index is 14.3. The molecule has 0 radical (unpaired) electrons. The van der Waals surface area contributed by atoms with Crippen LogP contribution in [0.3, 0.4) is 0 Å². The van der Waals surface area contributed by atoms with Crippen molar-refractivity contribution in [3.63, 3.8) is 0 Å². The predicted octanol–water partition coefficient (Wildman–Crippen LogP) is 6.82. The molecule has 0 bridgehead atoms. The lowest BCUT2D eigenvalue weighted by Crippen LogP contribution is -2.37. The molecule has 0 atom stereocenters. The second-order valence-electron chi connectivity index (χ2n) is 6.88. The zero-order chi connectivity index (χ0) is 25.5. The molecular weight excluding hydrogens is 551 g/mol. The first-order valence-corrected chi connectivity index (χ1v) is 10.6. The normalized spacial score (nSPS) is 11.6. The molecule has 3 aromatic rings. The second kappa shape index (κ2) is 9.73. The average molecular weight is 563 g/mol. The van der Waals surface area contributed by atoms with Gasteiger partial charge in [0.2, 0.25) is 5.91 Å². The Morgan fingerprint density at radius 3 is 2.24 bits per heavy atom. The van der Waals surface area contributed by atoms with E-state index in [2.05, 4.69) is 15.2 Å². The van der Waals surface area contributed by atoms with Crippen LogP contribution in [-0.2, 0) is 11.0 Å². The minimum Gasteiger partial charge on any atom is -0.311 e. The first-order chi connectivity index (χ1) is 15.7. The Morgan fingerprint density at radius 1 is 1.03 bits per heavy atom. The molecule has 1 aromatic carbocycles. The number of nitrogens with one attached hydrogen (secondary N) is 1.